The molecule has 4 fully saturated rings. The number of amides is 1. The SMILES string of the molecule is O=C1c2ccccc2C2=C3C4C[C@@H]5C[C@H](C4)CC3(C5)CN12. The van der Waals surface area contributed by atoms with E-state index in [4.69, 9.17) is 0 Å². The van der Waals surface area contributed by atoms with Crippen LogP contribution in [0.3, 0.4) is 0 Å². The molecule has 21 heavy (non-hydrogen) atoms. The van der Waals surface area contributed by atoms with Crippen LogP contribution in [0.1, 0.15) is 48.0 Å². The minimum absolute atomic E-state index is 0.260. The first-order chi connectivity index (χ1) is 10.3. The van der Waals surface area contributed by atoms with E-state index in [9.17, 15) is 4.79 Å². The normalized spacial score (nSPS) is 41.6. The molecule has 0 aromatic heterocycles. The highest BCUT2D eigenvalue weighted by atomic mass is 16.2. The van der Waals surface area contributed by atoms with Crippen molar-refractivity contribution in [3.05, 3.63) is 41.0 Å². The molecule has 0 saturated heterocycles. The van der Waals surface area contributed by atoms with Gasteiger partial charge in [-0.1, -0.05) is 18.2 Å². The minimum Gasteiger partial charge on any atom is -0.307 e. The fraction of sp³-hybridized carbons (Fsp3) is 0.526. The number of carbonyl (C=O) groups excluding carboxylic acids is 1. The zero-order valence-electron chi connectivity index (χ0n) is 12.1. The van der Waals surface area contributed by atoms with Crippen molar-refractivity contribution >= 4 is 11.6 Å². The summed E-state index contributed by atoms with van der Waals surface area (Å²) in [5.74, 6) is 2.92. The highest BCUT2D eigenvalue weighted by molar-refractivity contribution is 6.10. The molecule has 4 saturated carbocycles. The third-order valence-electron chi connectivity index (χ3n) is 6.88. The molecule has 106 valence electrons. The molecule has 1 aromatic rings. The Kier molecular flexibility index (Phi) is 1.72. The summed E-state index contributed by atoms with van der Waals surface area (Å²) in [4.78, 5) is 14.9. The summed E-state index contributed by atoms with van der Waals surface area (Å²) in [6.45, 7) is 0.981. The maximum atomic E-state index is 12.8. The van der Waals surface area contributed by atoms with Gasteiger partial charge in [-0.2, -0.15) is 0 Å². The molecule has 4 aliphatic carbocycles. The van der Waals surface area contributed by atoms with Crippen molar-refractivity contribution < 1.29 is 4.79 Å². The lowest BCUT2D eigenvalue weighted by molar-refractivity contribution is 0.00479. The molecule has 0 N–H and O–H groups in total. The average Bonchev–Trinajstić information content (AvgIpc) is 2.92. The Morgan fingerprint density at radius 2 is 1.71 bits per heavy atom. The molecular weight excluding hydrogens is 258 g/mol. The molecule has 0 radical (unpaired) electrons. The summed E-state index contributed by atoms with van der Waals surface area (Å²) in [6, 6.07) is 8.26. The molecule has 4 atom stereocenters. The van der Waals surface area contributed by atoms with Gasteiger partial charge in [-0.25, -0.2) is 0 Å². The number of benzene rings is 1. The topological polar surface area (TPSA) is 20.3 Å². The summed E-state index contributed by atoms with van der Waals surface area (Å²) in [6.07, 6.45) is 6.95. The van der Waals surface area contributed by atoms with Gasteiger partial charge in [-0.15, -0.1) is 0 Å². The average molecular weight is 277 g/mol. The standard InChI is InChI=1S/C19H19NO/c21-18-15-4-2-1-3-14(15)17-16-13-6-11-5-12(7-13)9-19(16,8-11)10-20(17)18/h1-4,11-13H,5-10H2/t11-,12+,13?,19?. The third kappa shape index (κ3) is 1.13. The maximum Gasteiger partial charge on any atom is 0.259 e. The van der Waals surface area contributed by atoms with Gasteiger partial charge in [0, 0.05) is 23.1 Å². The molecule has 6 aliphatic rings. The van der Waals surface area contributed by atoms with Gasteiger partial charge in [0.15, 0.2) is 0 Å². The summed E-state index contributed by atoms with van der Waals surface area (Å²) in [7, 11) is 0. The van der Waals surface area contributed by atoms with Gasteiger partial charge in [0.05, 0.1) is 5.70 Å². The summed E-state index contributed by atoms with van der Waals surface area (Å²) < 4.78 is 0. The van der Waals surface area contributed by atoms with E-state index in [2.05, 4.69) is 17.0 Å². The van der Waals surface area contributed by atoms with Crippen molar-refractivity contribution in [3.8, 4) is 0 Å². The first-order valence-electron chi connectivity index (χ1n) is 8.41. The van der Waals surface area contributed by atoms with Crippen LogP contribution in [0.15, 0.2) is 29.8 Å². The second-order valence-corrected chi connectivity index (χ2v) is 8.02. The van der Waals surface area contributed by atoms with E-state index in [0.29, 0.717) is 5.41 Å². The Morgan fingerprint density at radius 3 is 2.48 bits per heavy atom. The van der Waals surface area contributed by atoms with Crippen LogP contribution in [0.5, 0.6) is 0 Å². The lowest BCUT2D eigenvalue weighted by atomic mass is 9.48. The van der Waals surface area contributed by atoms with Crippen LogP contribution in [0.2, 0.25) is 0 Å². The lowest BCUT2D eigenvalue weighted by Crippen LogP contribution is -2.49. The van der Waals surface area contributed by atoms with Crippen molar-refractivity contribution in [2.45, 2.75) is 32.1 Å². The Bertz CT molecular complexity index is 717. The number of fused-ring (bicyclic) bond motifs is 3. The Morgan fingerprint density at radius 1 is 1.00 bits per heavy atom. The summed E-state index contributed by atoms with van der Waals surface area (Å²) in [5, 5.41) is 0. The van der Waals surface area contributed by atoms with Crippen LogP contribution in [0, 0.1) is 23.2 Å². The van der Waals surface area contributed by atoms with Gasteiger partial charge in [-0.05, 0) is 61.5 Å². The van der Waals surface area contributed by atoms with E-state index >= 15 is 0 Å². The Balaban J connectivity index is 1.64. The zero-order valence-corrected chi connectivity index (χ0v) is 12.1. The monoisotopic (exact) mass is 277 g/mol. The molecule has 4 bridgehead atoms. The van der Waals surface area contributed by atoms with Gasteiger partial charge in [0.1, 0.15) is 0 Å². The highest BCUT2D eigenvalue weighted by Gasteiger charge is 2.60. The summed E-state index contributed by atoms with van der Waals surface area (Å²) in [5.41, 5.74) is 5.55. The molecule has 2 heterocycles. The minimum atomic E-state index is 0.260. The van der Waals surface area contributed by atoms with E-state index in [1.165, 1.54) is 43.4 Å². The summed E-state index contributed by atoms with van der Waals surface area (Å²) >= 11 is 0. The van der Waals surface area contributed by atoms with Crippen LogP contribution in [0.4, 0.5) is 0 Å². The van der Waals surface area contributed by atoms with E-state index in [0.717, 1.165) is 29.9 Å². The molecule has 1 spiro atoms. The van der Waals surface area contributed by atoms with Crippen molar-refractivity contribution in [2.24, 2.45) is 23.2 Å². The van der Waals surface area contributed by atoms with Crippen molar-refractivity contribution in [1.82, 2.24) is 4.90 Å². The number of carbonyl (C=O) groups is 1. The molecule has 2 nitrogen and oxygen atoms in total. The molecule has 2 aliphatic heterocycles. The first-order valence-corrected chi connectivity index (χ1v) is 8.41. The molecule has 2 heteroatoms. The van der Waals surface area contributed by atoms with Gasteiger partial charge < -0.3 is 4.90 Å². The predicted molar refractivity (Wildman–Crippen MR) is 80.4 cm³/mol. The number of hydrogen-bond acceptors (Lipinski definition) is 1. The van der Waals surface area contributed by atoms with E-state index < -0.39 is 0 Å². The third-order valence-corrected chi connectivity index (χ3v) is 6.88. The zero-order chi connectivity index (χ0) is 13.8. The second-order valence-electron chi connectivity index (χ2n) is 8.02. The second kappa shape index (κ2) is 3.26. The highest BCUT2D eigenvalue weighted by Crippen LogP contribution is 2.68. The van der Waals surface area contributed by atoms with Crippen LogP contribution in [-0.4, -0.2) is 17.4 Å². The molecule has 2 unspecified atom stereocenters. The maximum absolute atomic E-state index is 12.8. The van der Waals surface area contributed by atoms with Crippen LogP contribution >= 0.6 is 0 Å². The number of rotatable bonds is 0. The van der Waals surface area contributed by atoms with Crippen molar-refractivity contribution in [1.29, 1.82) is 0 Å². The quantitative estimate of drug-likeness (QED) is 0.708. The fourth-order valence-electron chi connectivity index (χ4n) is 6.65. The van der Waals surface area contributed by atoms with Crippen LogP contribution in [0.25, 0.3) is 5.70 Å². The van der Waals surface area contributed by atoms with Gasteiger partial charge >= 0.3 is 0 Å². The molecular formula is C19H19NO. The number of hydrogen-bond donors (Lipinski definition) is 0. The van der Waals surface area contributed by atoms with E-state index in [-0.39, 0.29) is 5.91 Å². The van der Waals surface area contributed by atoms with Gasteiger partial charge in [0.2, 0.25) is 0 Å². The predicted octanol–water partition coefficient (Wildman–Crippen LogP) is 3.69. The van der Waals surface area contributed by atoms with Crippen LogP contribution in [-0.2, 0) is 0 Å². The molecule has 1 aromatic carbocycles. The lowest BCUT2D eigenvalue weighted by Gasteiger charge is -2.56. The van der Waals surface area contributed by atoms with E-state index in [1.54, 1.807) is 5.57 Å². The first kappa shape index (κ1) is 11.1. The van der Waals surface area contributed by atoms with Gasteiger partial charge in [-0.3, -0.25) is 4.79 Å². The Hall–Kier alpha value is -1.57. The molecule has 7 rings (SSSR count). The molecule has 1 amide bonds. The van der Waals surface area contributed by atoms with E-state index in [1.807, 2.05) is 12.1 Å². The smallest absolute Gasteiger partial charge is 0.259 e. The van der Waals surface area contributed by atoms with Crippen LogP contribution < -0.4 is 0 Å². The largest absolute Gasteiger partial charge is 0.307 e. The van der Waals surface area contributed by atoms with Crippen molar-refractivity contribution in [3.63, 3.8) is 0 Å². The Labute approximate surface area is 124 Å². The van der Waals surface area contributed by atoms with Gasteiger partial charge in [0.25, 0.3) is 5.91 Å². The fourth-order valence-corrected chi connectivity index (χ4v) is 6.65. The number of nitrogens with zero attached hydrogens (tertiary/aromatic N) is 1. The van der Waals surface area contributed by atoms with Crippen molar-refractivity contribution in [2.75, 3.05) is 6.54 Å².